The van der Waals surface area contributed by atoms with Crippen molar-refractivity contribution < 1.29 is 4.74 Å². The predicted octanol–water partition coefficient (Wildman–Crippen LogP) is 3.84. The van der Waals surface area contributed by atoms with Crippen LogP contribution in [0.25, 0.3) is 0 Å². The molecule has 1 aromatic heterocycles. The van der Waals surface area contributed by atoms with Crippen LogP contribution in [0.4, 0.5) is 5.82 Å². The van der Waals surface area contributed by atoms with Crippen LogP contribution in [0.15, 0.2) is 30.5 Å². The van der Waals surface area contributed by atoms with Gasteiger partial charge in [-0.2, -0.15) is 0 Å². The second kappa shape index (κ2) is 5.08. The molecule has 0 spiro atoms. The van der Waals surface area contributed by atoms with Gasteiger partial charge in [0.15, 0.2) is 0 Å². The quantitative estimate of drug-likeness (QED) is 0.888. The molecule has 1 N–H and O–H groups in total. The van der Waals surface area contributed by atoms with Crippen molar-refractivity contribution in [2.24, 2.45) is 0 Å². The summed E-state index contributed by atoms with van der Waals surface area (Å²) in [4.78, 5) is 4.17. The van der Waals surface area contributed by atoms with Gasteiger partial charge in [0, 0.05) is 19.3 Å². The van der Waals surface area contributed by atoms with Crippen LogP contribution in [0.2, 0.25) is 0 Å². The van der Waals surface area contributed by atoms with Gasteiger partial charge in [-0.15, -0.1) is 0 Å². The van der Waals surface area contributed by atoms with E-state index in [0.29, 0.717) is 0 Å². The van der Waals surface area contributed by atoms with Crippen LogP contribution in [0, 0.1) is 20.8 Å². The summed E-state index contributed by atoms with van der Waals surface area (Å²) in [6, 6.07) is 7.96. The van der Waals surface area contributed by atoms with Gasteiger partial charge in [0.05, 0.1) is 0 Å². The summed E-state index contributed by atoms with van der Waals surface area (Å²) in [6.45, 7) is 6.25. The van der Waals surface area contributed by atoms with Crippen molar-refractivity contribution in [2.45, 2.75) is 20.8 Å². The maximum Gasteiger partial charge on any atom is 0.132 e. The number of hydrogen-bond acceptors (Lipinski definition) is 3. The molecule has 0 bridgehead atoms. The van der Waals surface area contributed by atoms with Crippen LogP contribution < -0.4 is 10.1 Å². The number of anilines is 1. The van der Waals surface area contributed by atoms with E-state index < -0.39 is 0 Å². The van der Waals surface area contributed by atoms with E-state index in [4.69, 9.17) is 4.74 Å². The lowest BCUT2D eigenvalue weighted by atomic mass is 10.1. The maximum atomic E-state index is 5.93. The van der Waals surface area contributed by atoms with Crippen LogP contribution in [-0.2, 0) is 0 Å². The highest BCUT2D eigenvalue weighted by atomic mass is 16.5. The lowest BCUT2D eigenvalue weighted by molar-refractivity contribution is 0.477. The molecule has 0 atom stereocenters. The molecule has 0 aliphatic rings. The minimum absolute atomic E-state index is 0.794. The molecular formula is C15H18N2O. The normalized spacial score (nSPS) is 10.2. The van der Waals surface area contributed by atoms with Gasteiger partial charge >= 0.3 is 0 Å². The minimum Gasteiger partial charge on any atom is -0.457 e. The largest absolute Gasteiger partial charge is 0.457 e. The molecule has 0 unspecified atom stereocenters. The number of benzene rings is 1. The van der Waals surface area contributed by atoms with Crippen molar-refractivity contribution in [3.8, 4) is 11.5 Å². The van der Waals surface area contributed by atoms with E-state index in [-0.39, 0.29) is 0 Å². The molecular weight excluding hydrogens is 224 g/mol. The van der Waals surface area contributed by atoms with Gasteiger partial charge in [0.25, 0.3) is 0 Å². The first-order chi connectivity index (χ1) is 8.60. The molecule has 0 aliphatic heterocycles. The first-order valence-electron chi connectivity index (χ1n) is 5.99. The van der Waals surface area contributed by atoms with Crippen molar-refractivity contribution in [3.63, 3.8) is 0 Å². The molecule has 0 amide bonds. The van der Waals surface area contributed by atoms with Crippen LogP contribution in [0.3, 0.4) is 0 Å². The number of nitrogens with one attached hydrogen (secondary N) is 1. The smallest absolute Gasteiger partial charge is 0.132 e. The Hall–Kier alpha value is -2.03. The standard InChI is InChI=1S/C15H18N2O/c1-10-7-11(2)12(3)14(8-10)18-13-5-6-17-15(9-13)16-4/h5-9H,1-4H3,(H,16,17). The Labute approximate surface area is 108 Å². The molecule has 0 saturated heterocycles. The molecule has 0 saturated carbocycles. The third-order valence-electron chi connectivity index (χ3n) is 2.98. The second-order valence-corrected chi connectivity index (χ2v) is 4.43. The summed E-state index contributed by atoms with van der Waals surface area (Å²) in [6.07, 6.45) is 1.74. The highest BCUT2D eigenvalue weighted by Crippen LogP contribution is 2.29. The Morgan fingerprint density at radius 1 is 1.11 bits per heavy atom. The number of pyridine rings is 1. The molecule has 94 valence electrons. The molecule has 3 nitrogen and oxygen atoms in total. The first kappa shape index (κ1) is 12.4. The summed E-state index contributed by atoms with van der Waals surface area (Å²) in [5.74, 6) is 2.50. The minimum atomic E-state index is 0.794. The molecule has 2 rings (SSSR count). The van der Waals surface area contributed by atoms with E-state index >= 15 is 0 Å². The van der Waals surface area contributed by atoms with Crippen LogP contribution >= 0.6 is 0 Å². The lowest BCUT2D eigenvalue weighted by Gasteiger charge is -2.12. The Balaban J connectivity index is 2.33. The average molecular weight is 242 g/mol. The third kappa shape index (κ3) is 2.62. The van der Waals surface area contributed by atoms with E-state index in [0.717, 1.165) is 17.3 Å². The Morgan fingerprint density at radius 2 is 1.89 bits per heavy atom. The fourth-order valence-corrected chi connectivity index (χ4v) is 1.85. The van der Waals surface area contributed by atoms with Crippen molar-refractivity contribution >= 4 is 5.82 Å². The summed E-state index contributed by atoms with van der Waals surface area (Å²) >= 11 is 0. The molecule has 2 aromatic rings. The second-order valence-electron chi connectivity index (χ2n) is 4.43. The van der Waals surface area contributed by atoms with Gasteiger partial charge in [-0.25, -0.2) is 4.98 Å². The maximum absolute atomic E-state index is 5.93. The van der Waals surface area contributed by atoms with Crippen LogP contribution in [0.5, 0.6) is 11.5 Å². The van der Waals surface area contributed by atoms with E-state index in [1.807, 2.05) is 19.2 Å². The summed E-state index contributed by atoms with van der Waals surface area (Å²) in [7, 11) is 1.84. The highest BCUT2D eigenvalue weighted by molar-refractivity contribution is 5.46. The van der Waals surface area contributed by atoms with Crippen LogP contribution in [0.1, 0.15) is 16.7 Å². The summed E-state index contributed by atoms with van der Waals surface area (Å²) in [5.41, 5.74) is 3.62. The van der Waals surface area contributed by atoms with E-state index in [1.165, 1.54) is 16.7 Å². The fraction of sp³-hybridized carbons (Fsp3) is 0.267. The van der Waals surface area contributed by atoms with Crippen molar-refractivity contribution in [1.82, 2.24) is 4.98 Å². The zero-order valence-corrected chi connectivity index (χ0v) is 11.2. The Bertz CT molecular complexity index is 564. The Morgan fingerprint density at radius 3 is 2.61 bits per heavy atom. The fourth-order valence-electron chi connectivity index (χ4n) is 1.85. The zero-order valence-electron chi connectivity index (χ0n) is 11.2. The van der Waals surface area contributed by atoms with Gasteiger partial charge in [-0.1, -0.05) is 6.07 Å². The highest BCUT2D eigenvalue weighted by Gasteiger charge is 2.06. The predicted molar refractivity (Wildman–Crippen MR) is 74.5 cm³/mol. The van der Waals surface area contributed by atoms with Crippen molar-refractivity contribution in [3.05, 3.63) is 47.2 Å². The average Bonchev–Trinajstić information content (AvgIpc) is 2.35. The van der Waals surface area contributed by atoms with Gasteiger partial charge in [0.2, 0.25) is 0 Å². The molecule has 0 aliphatic carbocycles. The Kier molecular flexibility index (Phi) is 3.51. The number of hydrogen-bond donors (Lipinski definition) is 1. The van der Waals surface area contributed by atoms with Crippen molar-refractivity contribution in [2.75, 3.05) is 12.4 Å². The van der Waals surface area contributed by atoms with Crippen LogP contribution in [-0.4, -0.2) is 12.0 Å². The molecule has 1 heterocycles. The summed E-state index contributed by atoms with van der Waals surface area (Å²) in [5, 5.41) is 3.00. The van der Waals surface area contributed by atoms with Gasteiger partial charge in [-0.3, -0.25) is 0 Å². The zero-order chi connectivity index (χ0) is 13.1. The van der Waals surface area contributed by atoms with Crippen molar-refractivity contribution in [1.29, 1.82) is 0 Å². The number of nitrogens with zero attached hydrogens (tertiary/aromatic N) is 1. The topological polar surface area (TPSA) is 34.1 Å². The molecule has 3 heteroatoms. The first-order valence-corrected chi connectivity index (χ1v) is 5.99. The SMILES string of the molecule is CNc1cc(Oc2cc(C)cc(C)c2C)ccn1. The van der Waals surface area contributed by atoms with Gasteiger partial charge in [-0.05, 0) is 49.6 Å². The number of ether oxygens (including phenoxy) is 1. The lowest BCUT2D eigenvalue weighted by Crippen LogP contribution is -1.94. The number of rotatable bonds is 3. The van der Waals surface area contributed by atoms with E-state index in [1.54, 1.807) is 6.20 Å². The number of aryl methyl sites for hydroxylation is 2. The number of aromatic nitrogens is 1. The summed E-state index contributed by atoms with van der Waals surface area (Å²) < 4.78 is 5.93. The third-order valence-corrected chi connectivity index (χ3v) is 2.98. The van der Waals surface area contributed by atoms with Gasteiger partial charge in [0.1, 0.15) is 17.3 Å². The molecule has 18 heavy (non-hydrogen) atoms. The van der Waals surface area contributed by atoms with Gasteiger partial charge < -0.3 is 10.1 Å². The molecule has 0 fully saturated rings. The molecule has 1 aromatic carbocycles. The van der Waals surface area contributed by atoms with E-state index in [9.17, 15) is 0 Å². The van der Waals surface area contributed by atoms with E-state index in [2.05, 4.69) is 43.2 Å². The monoisotopic (exact) mass is 242 g/mol. The molecule has 0 radical (unpaired) electrons.